The van der Waals surface area contributed by atoms with Gasteiger partial charge in [0.25, 0.3) is 0 Å². The quantitative estimate of drug-likeness (QED) is 0.734. The minimum absolute atomic E-state index is 0.104. The summed E-state index contributed by atoms with van der Waals surface area (Å²) in [6, 6.07) is 8.26. The first kappa shape index (κ1) is 13.5. The lowest BCUT2D eigenvalue weighted by molar-refractivity contribution is -0.0127. The fourth-order valence-corrected chi connectivity index (χ4v) is 2.73. The zero-order valence-electron chi connectivity index (χ0n) is 9.57. The van der Waals surface area contributed by atoms with Crippen molar-refractivity contribution in [1.82, 2.24) is 0 Å². The van der Waals surface area contributed by atoms with E-state index in [0.29, 0.717) is 6.61 Å². The van der Waals surface area contributed by atoms with Gasteiger partial charge in [-0.05, 0) is 30.5 Å². The second-order valence-corrected chi connectivity index (χ2v) is 5.73. The summed E-state index contributed by atoms with van der Waals surface area (Å²) in [5.74, 6) is 0. The molecule has 0 saturated carbocycles. The van der Waals surface area contributed by atoms with Crippen LogP contribution in [-0.4, -0.2) is 24.6 Å². The molecule has 1 heterocycles. The highest BCUT2D eigenvalue weighted by Crippen LogP contribution is 2.23. The molecule has 2 nitrogen and oxygen atoms in total. The Morgan fingerprint density at radius 3 is 2.71 bits per heavy atom. The molecule has 2 atom stereocenters. The smallest absolute Gasteiger partial charge is 0.0922 e. The largest absolute Gasteiger partial charge is 0.376 e. The van der Waals surface area contributed by atoms with Gasteiger partial charge in [0, 0.05) is 16.4 Å². The normalized spacial score (nSPS) is 21.6. The molecule has 17 heavy (non-hydrogen) atoms. The fraction of sp³-hybridized carbons (Fsp3) is 0.538. The Labute approximate surface area is 119 Å². The van der Waals surface area contributed by atoms with Crippen LogP contribution in [0, 0.1) is 0 Å². The first-order valence-electron chi connectivity index (χ1n) is 5.84. The maximum Gasteiger partial charge on any atom is 0.0922 e. The Balaban J connectivity index is 1.89. The lowest BCUT2D eigenvalue weighted by Crippen LogP contribution is -2.17. The Bertz CT molecular complexity index is 334. The Morgan fingerprint density at radius 1 is 1.35 bits per heavy atom. The van der Waals surface area contributed by atoms with E-state index in [1.807, 2.05) is 12.1 Å². The summed E-state index contributed by atoms with van der Waals surface area (Å²) in [6.07, 6.45) is 2.67. The molecule has 1 aromatic carbocycles. The van der Waals surface area contributed by atoms with E-state index >= 15 is 0 Å². The monoisotopic (exact) mass is 362 g/mol. The number of hydrogen-bond donors (Lipinski definition) is 0. The van der Waals surface area contributed by atoms with Crippen molar-refractivity contribution >= 4 is 31.9 Å². The van der Waals surface area contributed by atoms with Gasteiger partial charge in [0.2, 0.25) is 0 Å². The third-order valence-electron chi connectivity index (χ3n) is 2.89. The second kappa shape index (κ2) is 6.88. The van der Waals surface area contributed by atoms with Crippen LogP contribution in [0.5, 0.6) is 0 Å². The van der Waals surface area contributed by atoms with Gasteiger partial charge in [0.15, 0.2) is 0 Å². The van der Waals surface area contributed by atoms with E-state index < -0.39 is 0 Å². The summed E-state index contributed by atoms with van der Waals surface area (Å²) in [4.78, 5) is 0. The zero-order chi connectivity index (χ0) is 12.1. The van der Waals surface area contributed by atoms with Crippen LogP contribution < -0.4 is 0 Å². The molecular weight excluding hydrogens is 348 g/mol. The average Bonchev–Trinajstić information content (AvgIpc) is 2.85. The predicted molar refractivity (Wildman–Crippen MR) is 75.6 cm³/mol. The SMILES string of the molecule is BrCC(OCC1CCCO1)c1ccc(Br)cc1. The Kier molecular flexibility index (Phi) is 5.48. The first-order chi connectivity index (χ1) is 8.29. The predicted octanol–water partition coefficient (Wildman–Crippen LogP) is 4.08. The molecule has 1 aliphatic rings. The number of benzene rings is 1. The average molecular weight is 364 g/mol. The molecule has 1 fully saturated rings. The maximum atomic E-state index is 5.91. The molecule has 1 aromatic rings. The van der Waals surface area contributed by atoms with Gasteiger partial charge in [-0.2, -0.15) is 0 Å². The highest BCUT2D eigenvalue weighted by Gasteiger charge is 2.18. The van der Waals surface area contributed by atoms with Gasteiger partial charge in [-0.3, -0.25) is 0 Å². The first-order valence-corrected chi connectivity index (χ1v) is 7.75. The molecule has 0 aromatic heterocycles. The molecule has 0 amide bonds. The summed E-state index contributed by atoms with van der Waals surface area (Å²) in [6.45, 7) is 1.57. The zero-order valence-corrected chi connectivity index (χ0v) is 12.7. The van der Waals surface area contributed by atoms with E-state index in [9.17, 15) is 0 Å². The van der Waals surface area contributed by atoms with E-state index in [4.69, 9.17) is 9.47 Å². The molecule has 1 aliphatic heterocycles. The van der Waals surface area contributed by atoms with E-state index in [1.165, 1.54) is 5.56 Å². The van der Waals surface area contributed by atoms with Crippen molar-refractivity contribution < 1.29 is 9.47 Å². The van der Waals surface area contributed by atoms with Crippen LogP contribution in [0.4, 0.5) is 0 Å². The van der Waals surface area contributed by atoms with E-state index in [1.54, 1.807) is 0 Å². The van der Waals surface area contributed by atoms with Crippen LogP contribution in [0.25, 0.3) is 0 Å². The standard InChI is InChI=1S/C13H16Br2O2/c14-8-13(10-3-5-11(15)6-4-10)17-9-12-2-1-7-16-12/h3-6,12-13H,1-2,7-9H2. The van der Waals surface area contributed by atoms with Crippen LogP contribution in [-0.2, 0) is 9.47 Å². The highest BCUT2D eigenvalue weighted by molar-refractivity contribution is 9.10. The number of alkyl halides is 1. The van der Waals surface area contributed by atoms with Gasteiger partial charge in [-0.1, -0.05) is 44.0 Å². The van der Waals surface area contributed by atoms with Crippen LogP contribution in [0.1, 0.15) is 24.5 Å². The van der Waals surface area contributed by atoms with Crippen LogP contribution >= 0.6 is 31.9 Å². The summed E-state index contributed by atoms with van der Waals surface area (Å²) in [7, 11) is 0. The van der Waals surface area contributed by atoms with Gasteiger partial charge < -0.3 is 9.47 Å². The highest BCUT2D eigenvalue weighted by atomic mass is 79.9. The maximum absolute atomic E-state index is 5.91. The molecule has 0 radical (unpaired) electrons. The van der Waals surface area contributed by atoms with Crippen LogP contribution in [0.2, 0.25) is 0 Å². The Morgan fingerprint density at radius 2 is 2.12 bits per heavy atom. The molecule has 0 N–H and O–H groups in total. The molecule has 1 saturated heterocycles. The molecule has 0 aliphatic carbocycles. The van der Waals surface area contributed by atoms with Crippen molar-refractivity contribution in [3.05, 3.63) is 34.3 Å². The lowest BCUT2D eigenvalue weighted by atomic mass is 10.1. The van der Waals surface area contributed by atoms with E-state index in [-0.39, 0.29) is 12.2 Å². The third kappa shape index (κ3) is 4.05. The van der Waals surface area contributed by atoms with Gasteiger partial charge in [0.1, 0.15) is 0 Å². The van der Waals surface area contributed by atoms with Crippen molar-refractivity contribution in [2.75, 3.05) is 18.5 Å². The van der Waals surface area contributed by atoms with Gasteiger partial charge in [-0.25, -0.2) is 0 Å². The third-order valence-corrected chi connectivity index (χ3v) is 4.01. The van der Waals surface area contributed by atoms with Crippen LogP contribution in [0.15, 0.2) is 28.7 Å². The van der Waals surface area contributed by atoms with Gasteiger partial charge in [0.05, 0.1) is 18.8 Å². The molecule has 0 bridgehead atoms. The van der Waals surface area contributed by atoms with Crippen molar-refractivity contribution in [3.8, 4) is 0 Å². The number of hydrogen-bond acceptors (Lipinski definition) is 2. The van der Waals surface area contributed by atoms with Crippen molar-refractivity contribution in [2.24, 2.45) is 0 Å². The molecular formula is C13H16Br2O2. The fourth-order valence-electron chi connectivity index (χ4n) is 1.91. The number of ether oxygens (including phenoxy) is 2. The minimum atomic E-state index is 0.104. The number of rotatable bonds is 5. The van der Waals surface area contributed by atoms with E-state index in [2.05, 4.69) is 44.0 Å². The molecule has 4 heteroatoms. The molecule has 0 spiro atoms. The summed E-state index contributed by atoms with van der Waals surface area (Å²) in [5.41, 5.74) is 1.20. The lowest BCUT2D eigenvalue weighted by Gasteiger charge is -2.18. The number of halogens is 2. The van der Waals surface area contributed by atoms with Crippen molar-refractivity contribution in [1.29, 1.82) is 0 Å². The Hall–Kier alpha value is 0.100. The minimum Gasteiger partial charge on any atom is -0.376 e. The molecule has 2 unspecified atom stereocenters. The van der Waals surface area contributed by atoms with Crippen molar-refractivity contribution in [2.45, 2.75) is 25.0 Å². The van der Waals surface area contributed by atoms with Crippen LogP contribution in [0.3, 0.4) is 0 Å². The second-order valence-electron chi connectivity index (χ2n) is 4.16. The topological polar surface area (TPSA) is 18.5 Å². The molecule has 2 rings (SSSR count). The van der Waals surface area contributed by atoms with E-state index in [0.717, 1.165) is 29.3 Å². The van der Waals surface area contributed by atoms with Gasteiger partial charge in [-0.15, -0.1) is 0 Å². The summed E-state index contributed by atoms with van der Waals surface area (Å²) in [5, 5.41) is 0.807. The summed E-state index contributed by atoms with van der Waals surface area (Å²) >= 11 is 6.94. The van der Waals surface area contributed by atoms with Gasteiger partial charge >= 0.3 is 0 Å². The van der Waals surface area contributed by atoms with Crippen molar-refractivity contribution in [3.63, 3.8) is 0 Å². The summed E-state index contributed by atoms with van der Waals surface area (Å²) < 4.78 is 12.6. The molecule has 94 valence electrons.